The normalized spacial score (nSPS) is 10.7. The first kappa shape index (κ1) is 24.3. The number of hydrogen-bond donors (Lipinski definition) is 0. The number of halogens is 3. The third kappa shape index (κ3) is 6.00. The van der Waals surface area contributed by atoms with Gasteiger partial charge in [-0.05, 0) is 66.7 Å². The predicted molar refractivity (Wildman–Crippen MR) is 138 cm³/mol. The van der Waals surface area contributed by atoms with E-state index in [0.717, 1.165) is 33.7 Å². The monoisotopic (exact) mass is 513 g/mol. The molecule has 0 atom stereocenters. The van der Waals surface area contributed by atoms with E-state index in [1.165, 1.54) is 0 Å². The Morgan fingerprint density at radius 2 is 1.35 bits per heavy atom. The average Bonchev–Trinajstić information content (AvgIpc) is 3.11. The number of rotatable bonds is 8. The lowest BCUT2D eigenvalue weighted by atomic mass is 10.1. The third-order valence-corrected chi connectivity index (χ3v) is 5.95. The summed E-state index contributed by atoms with van der Waals surface area (Å²) in [6.45, 7) is 1.51. The molecule has 1 heterocycles. The average molecular weight is 515 g/mol. The van der Waals surface area contributed by atoms with Gasteiger partial charge in [-0.25, -0.2) is 0 Å². The zero-order valence-electron chi connectivity index (χ0n) is 18.5. The molecular formula is C27H22Cl3NO3. The molecule has 0 aliphatic heterocycles. The molecule has 3 aromatic carbocycles. The Morgan fingerprint density at radius 1 is 0.735 bits per heavy atom. The largest absolute Gasteiger partial charge is 0.487 e. The quantitative estimate of drug-likeness (QED) is 0.230. The highest BCUT2D eigenvalue weighted by molar-refractivity contribution is 6.31. The van der Waals surface area contributed by atoms with Gasteiger partial charge in [-0.2, -0.15) is 0 Å². The van der Waals surface area contributed by atoms with E-state index in [-0.39, 0.29) is 6.61 Å². The summed E-state index contributed by atoms with van der Waals surface area (Å²) >= 11 is 18.2. The highest BCUT2D eigenvalue weighted by Crippen LogP contribution is 2.30. The van der Waals surface area contributed by atoms with E-state index in [9.17, 15) is 0 Å². The summed E-state index contributed by atoms with van der Waals surface area (Å²) in [4.78, 5) is 0. The minimum Gasteiger partial charge on any atom is -0.487 e. The molecule has 4 aromatic rings. The second-order valence-corrected chi connectivity index (χ2v) is 8.75. The van der Waals surface area contributed by atoms with Gasteiger partial charge < -0.3 is 18.8 Å². The Balaban J connectivity index is 1.59. The lowest BCUT2D eigenvalue weighted by Gasteiger charge is -2.12. The smallest absolute Gasteiger partial charge is 0.149 e. The summed E-state index contributed by atoms with van der Waals surface area (Å²) in [5, 5.41) is 3.00. The molecule has 7 heteroatoms. The van der Waals surface area contributed by atoms with Crippen molar-refractivity contribution < 1.29 is 14.2 Å². The fourth-order valence-corrected chi connectivity index (χ4v) is 4.04. The van der Waals surface area contributed by atoms with Crippen molar-refractivity contribution in [3.05, 3.63) is 93.1 Å². The first-order valence-electron chi connectivity index (χ1n) is 10.6. The molecule has 0 amide bonds. The van der Waals surface area contributed by atoms with Gasteiger partial charge in [0.15, 0.2) is 0 Å². The van der Waals surface area contributed by atoms with Crippen molar-refractivity contribution in [1.29, 1.82) is 0 Å². The minimum atomic E-state index is 0.272. The number of ether oxygens (including phenoxy) is 3. The first-order chi connectivity index (χ1) is 16.5. The molecule has 34 heavy (non-hydrogen) atoms. The topological polar surface area (TPSA) is 32.6 Å². The van der Waals surface area contributed by atoms with Gasteiger partial charge in [-0.3, -0.25) is 0 Å². The van der Waals surface area contributed by atoms with Crippen LogP contribution in [0.25, 0.3) is 10.9 Å². The van der Waals surface area contributed by atoms with Crippen molar-refractivity contribution in [1.82, 2.24) is 4.57 Å². The van der Waals surface area contributed by atoms with Crippen LogP contribution < -0.4 is 9.47 Å². The Bertz CT molecular complexity index is 1320. The Kier molecular flexibility index (Phi) is 8.26. The van der Waals surface area contributed by atoms with Crippen LogP contribution in [-0.2, 0) is 24.5 Å². The summed E-state index contributed by atoms with van der Waals surface area (Å²) in [5.74, 6) is 7.74. The molecule has 1 aromatic heterocycles. The molecule has 0 fully saturated rings. The summed E-state index contributed by atoms with van der Waals surface area (Å²) in [7, 11) is 1.67. The number of hydrogen-bond acceptors (Lipinski definition) is 3. The number of methoxy groups -OCH3 is 1. The Labute approximate surface area is 213 Å². The van der Waals surface area contributed by atoms with Crippen LogP contribution in [0.15, 0.2) is 66.7 Å². The zero-order chi connectivity index (χ0) is 23.9. The number of benzene rings is 3. The zero-order valence-corrected chi connectivity index (χ0v) is 20.8. The van der Waals surface area contributed by atoms with Gasteiger partial charge in [0, 0.05) is 38.6 Å². The van der Waals surface area contributed by atoms with Crippen molar-refractivity contribution in [2.24, 2.45) is 0 Å². The molecule has 0 unspecified atom stereocenters. The maximum absolute atomic E-state index is 6.31. The Morgan fingerprint density at radius 3 is 2.00 bits per heavy atom. The van der Waals surface area contributed by atoms with Gasteiger partial charge >= 0.3 is 0 Å². The molecule has 0 radical (unpaired) electrons. The van der Waals surface area contributed by atoms with E-state index < -0.39 is 0 Å². The van der Waals surface area contributed by atoms with Crippen LogP contribution in [0.2, 0.25) is 15.1 Å². The molecule has 0 spiro atoms. The molecule has 0 aliphatic rings. The highest BCUT2D eigenvalue weighted by Gasteiger charge is 2.18. The molecule has 0 aliphatic carbocycles. The minimum absolute atomic E-state index is 0.272. The maximum atomic E-state index is 6.31. The molecule has 0 saturated carbocycles. The van der Waals surface area contributed by atoms with E-state index in [2.05, 4.69) is 16.4 Å². The fourth-order valence-electron chi connectivity index (χ4n) is 3.62. The summed E-state index contributed by atoms with van der Waals surface area (Å²) in [6, 6.07) is 20.3. The Hall–Kier alpha value is -2.81. The van der Waals surface area contributed by atoms with Gasteiger partial charge in [0.1, 0.15) is 24.7 Å². The fraction of sp³-hybridized carbons (Fsp3) is 0.185. The van der Waals surface area contributed by atoms with Crippen molar-refractivity contribution in [3.8, 4) is 23.3 Å². The maximum Gasteiger partial charge on any atom is 0.149 e. The SMILES string of the molecule is COCc1c(COc2ccc(Cl)cc2)n(CC#CCOc2ccc(Cl)cc2)c2ccc(Cl)cc12. The van der Waals surface area contributed by atoms with Gasteiger partial charge in [0.2, 0.25) is 0 Å². The van der Waals surface area contributed by atoms with Crippen molar-refractivity contribution >= 4 is 45.7 Å². The highest BCUT2D eigenvalue weighted by atomic mass is 35.5. The standard InChI is InChI=1S/C27H22Cl3NO3/c1-32-17-25-24-16-21(30)8-13-26(24)31(27(25)18-34-23-11-6-20(29)7-12-23)14-2-3-15-33-22-9-4-19(28)5-10-22/h4-13,16H,14-15,17-18H2,1H3. The van der Waals surface area contributed by atoms with E-state index in [4.69, 9.17) is 49.0 Å². The van der Waals surface area contributed by atoms with Crippen LogP contribution >= 0.6 is 34.8 Å². The van der Waals surface area contributed by atoms with Gasteiger partial charge in [0.05, 0.1) is 18.8 Å². The summed E-state index contributed by atoms with van der Waals surface area (Å²) in [6.07, 6.45) is 0. The van der Waals surface area contributed by atoms with Gasteiger partial charge in [-0.15, -0.1) is 0 Å². The van der Waals surface area contributed by atoms with E-state index in [1.807, 2.05) is 42.5 Å². The van der Waals surface area contributed by atoms with E-state index in [1.54, 1.807) is 31.4 Å². The van der Waals surface area contributed by atoms with Crippen LogP contribution in [0, 0.1) is 11.8 Å². The second-order valence-electron chi connectivity index (χ2n) is 7.44. The molecule has 4 nitrogen and oxygen atoms in total. The lowest BCUT2D eigenvalue weighted by Crippen LogP contribution is -2.08. The second kappa shape index (κ2) is 11.6. The predicted octanol–water partition coefficient (Wildman–Crippen LogP) is 7.41. The van der Waals surface area contributed by atoms with Gasteiger partial charge in [-0.1, -0.05) is 46.6 Å². The van der Waals surface area contributed by atoms with Gasteiger partial charge in [0.25, 0.3) is 0 Å². The lowest BCUT2D eigenvalue weighted by molar-refractivity contribution is 0.182. The van der Waals surface area contributed by atoms with E-state index >= 15 is 0 Å². The molecule has 174 valence electrons. The third-order valence-electron chi connectivity index (χ3n) is 5.21. The van der Waals surface area contributed by atoms with Crippen LogP contribution in [0.4, 0.5) is 0 Å². The number of nitrogens with zero attached hydrogens (tertiary/aromatic N) is 1. The molecule has 4 rings (SSSR count). The number of fused-ring (bicyclic) bond motifs is 1. The summed E-state index contributed by atoms with van der Waals surface area (Å²) < 4.78 is 19.4. The number of aromatic nitrogens is 1. The first-order valence-corrected chi connectivity index (χ1v) is 11.7. The van der Waals surface area contributed by atoms with Crippen LogP contribution in [-0.4, -0.2) is 18.3 Å². The van der Waals surface area contributed by atoms with Crippen LogP contribution in [0.3, 0.4) is 0 Å². The van der Waals surface area contributed by atoms with Crippen LogP contribution in [0.5, 0.6) is 11.5 Å². The molecule has 0 saturated heterocycles. The molecule has 0 N–H and O–H groups in total. The van der Waals surface area contributed by atoms with Crippen LogP contribution in [0.1, 0.15) is 11.3 Å². The summed E-state index contributed by atoms with van der Waals surface area (Å²) in [5.41, 5.74) is 3.01. The van der Waals surface area contributed by atoms with Crippen molar-refractivity contribution in [2.45, 2.75) is 19.8 Å². The van der Waals surface area contributed by atoms with E-state index in [0.29, 0.717) is 34.8 Å². The molecule has 0 bridgehead atoms. The van der Waals surface area contributed by atoms with Crippen molar-refractivity contribution in [3.63, 3.8) is 0 Å². The van der Waals surface area contributed by atoms with Crippen molar-refractivity contribution in [2.75, 3.05) is 13.7 Å². The molecular weight excluding hydrogens is 493 g/mol.